The van der Waals surface area contributed by atoms with Crippen LogP contribution >= 0.6 is 34.8 Å². The van der Waals surface area contributed by atoms with Crippen LogP contribution in [0.3, 0.4) is 0 Å². The second kappa shape index (κ2) is 12.2. The highest BCUT2D eigenvalue weighted by molar-refractivity contribution is 6.42. The molecule has 0 aliphatic carbocycles. The zero-order valence-electron chi connectivity index (χ0n) is 18.2. The molecule has 3 aromatic rings. The zero-order valence-corrected chi connectivity index (χ0v) is 20.4. The van der Waals surface area contributed by atoms with E-state index in [9.17, 15) is 14.4 Å². The van der Waals surface area contributed by atoms with Gasteiger partial charge in [-0.05, 0) is 60.2 Å². The Labute approximate surface area is 215 Å². The van der Waals surface area contributed by atoms with E-state index in [1.54, 1.807) is 30.3 Å². The number of nitrogens with zero attached hydrogens (tertiary/aromatic N) is 1. The highest BCUT2D eigenvalue weighted by Gasteiger charge is 2.14. The fourth-order valence-corrected chi connectivity index (χ4v) is 3.23. The van der Waals surface area contributed by atoms with Gasteiger partial charge in [0.1, 0.15) is 0 Å². The van der Waals surface area contributed by atoms with Gasteiger partial charge in [-0.25, -0.2) is 10.2 Å². The van der Waals surface area contributed by atoms with Gasteiger partial charge >= 0.3 is 5.97 Å². The molecule has 0 spiro atoms. The fourth-order valence-electron chi connectivity index (χ4n) is 2.74. The molecule has 0 atom stereocenters. The molecule has 0 radical (unpaired) electrons. The van der Waals surface area contributed by atoms with Gasteiger partial charge < -0.3 is 14.8 Å². The van der Waals surface area contributed by atoms with Gasteiger partial charge in [0.25, 0.3) is 11.8 Å². The molecule has 0 saturated heterocycles. The first kappa shape index (κ1) is 26.0. The minimum Gasteiger partial charge on any atom is -0.493 e. The van der Waals surface area contributed by atoms with Crippen LogP contribution in [-0.4, -0.2) is 37.7 Å². The third kappa shape index (κ3) is 7.45. The molecule has 0 aliphatic rings. The summed E-state index contributed by atoms with van der Waals surface area (Å²) < 4.78 is 10.7. The summed E-state index contributed by atoms with van der Waals surface area (Å²) in [6, 6.07) is 15.4. The van der Waals surface area contributed by atoms with Crippen LogP contribution in [0, 0.1) is 0 Å². The molecule has 0 unspecified atom stereocenters. The number of esters is 1. The minimum atomic E-state index is -0.643. The predicted molar refractivity (Wildman–Crippen MR) is 134 cm³/mol. The first-order chi connectivity index (χ1) is 16.8. The topological polar surface area (TPSA) is 106 Å². The molecule has 3 rings (SSSR count). The number of hydrazone groups is 1. The van der Waals surface area contributed by atoms with Crippen molar-refractivity contribution in [2.75, 3.05) is 13.7 Å². The van der Waals surface area contributed by atoms with Crippen LogP contribution in [0.25, 0.3) is 0 Å². The average Bonchev–Trinajstić information content (AvgIpc) is 2.84. The Kier molecular flexibility index (Phi) is 9.08. The summed E-state index contributed by atoms with van der Waals surface area (Å²) in [4.78, 5) is 36.4. The van der Waals surface area contributed by atoms with Crippen LogP contribution in [0.2, 0.25) is 15.1 Å². The maximum absolute atomic E-state index is 12.4. The van der Waals surface area contributed by atoms with Crippen molar-refractivity contribution < 1.29 is 23.9 Å². The van der Waals surface area contributed by atoms with Gasteiger partial charge in [0.05, 0.1) is 35.5 Å². The highest BCUT2D eigenvalue weighted by atomic mass is 35.5. The molecular weight excluding hydrogens is 517 g/mol. The van der Waals surface area contributed by atoms with Crippen molar-refractivity contribution in [1.82, 2.24) is 10.7 Å². The molecule has 0 aromatic heterocycles. The largest absolute Gasteiger partial charge is 0.493 e. The average molecular weight is 535 g/mol. The van der Waals surface area contributed by atoms with Gasteiger partial charge in [-0.2, -0.15) is 5.10 Å². The van der Waals surface area contributed by atoms with E-state index in [0.29, 0.717) is 21.2 Å². The normalized spacial score (nSPS) is 10.6. The van der Waals surface area contributed by atoms with E-state index in [0.717, 1.165) is 0 Å². The lowest BCUT2D eigenvalue weighted by atomic mass is 10.2. The number of methoxy groups -OCH3 is 1. The molecule has 0 bridgehead atoms. The van der Waals surface area contributed by atoms with Crippen molar-refractivity contribution in [3.63, 3.8) is 0 Å². The number of carbonyl (C=O) groups is 3. The molecule has 3 aromatic carbocycles. The maximum Gasteiger partial charge on any atom is 0.343 e. The SMILES string of the molecule is COc1cc(C=NNC(=O)CNC(=O)c2cccc(Cl)c2)ccc1OC(=O)c1ccc(Cl)c(Cl)c1. The number of carbonyl (C=O) groups excluding carboxylic acids is 3. The lowest BCUT2D eigenvalue weighted by Gasteiger charge is -2.10. The Morgan fingerprint density at radius 2 is 1.71 bits per heavy atom. The standard InChI is InChI=1S/C24H18Cl3N3O5/c1-34-21-9-14(5-8-20(21)35-24(33)16-6-7-18(26)19(27)11-16)12-29-30-22(31)13-28-23(32)15-3-2-4-17(25)10-15/h2-12H,13H2,1H3,(H,28,32)(H,30,31). The molecule has 0 aliphatic heterocycles. The number of rotatable bonds is 8. The lowest BCUT2D eigenvalue weighted by molar-refractivity contribution is -0.120. The molecule has 180 valence electrons. The summed E-state index contributed by atoms with van der Waals surface area (Å²) in [6.45, 7) is -0.282. The monoisotopic (exact) mass is 533 g/mol. The molecule has 0 saturated carbocycles. The van der Waals surface area contributed by atoms with Crippen LogP contribution < -0.4 is 20.2 Å². The van der Waals surface area contributed by atoms with Gasteiger partial charge in [-0.1, -0.05) is 40.9 Å². The summed E-state index contributed by atoms with van der Waals surface area (Å²) in [5.41, 5.74) is 3.41. The van der Waals surface area contributed by atoms with E-state index < -0.39 is 17.8 Å². The van der Waals surface area contributed by atoms with Crippen LogP contribution in [-0.2, 0) is 4.79 Å². The van der Waals surface area contributed by atoms with Crippen molar-refractivity contribution in [3.05, 3.63) is 92.4 Å². The van der Waals surface area contributed by atoms with Gasteiger partial charge in [-0.3, -0.25) is 9.59 Å². The Hall–Kier alpha value is -3.59. The van der Waals surface area contributed by atoms with Crippen molar-refractivity contribution in [3.8, 4) is 11.5 Å². The van der Waals surface area contributed by atoms with E-state index in [1.165, 1.54) is 43.7 Å². The van der Waals surface area contributed by atoms with Crippen molar-refractivity contribution in [2.24, 2.45) is 5.10 Å². The Bertz CT molecular complexity index is 1300. The van der Waals surface area contributed by atoms with Gasteiger partial charge in [-0.15, -0.1) is 0 Å². The van der Waals surface area contributed by atoms with E-state index in [2.05, 4.69) is 15.8 Å². The van der Waals surface area contributed by atoms with Crippen LogP contribution in [0.4, 0.5) is 0 Å². The Morgan fingerprint density at radius 1 is 0.914 bits per heavy atom. The molecule has 11 heteroatoms. The molecule has 35 heavy (non-hydrogen) atoms. The van der Waals surface area contributed by atoms with Gasteiger partial charge in [0.15, 0.2) is 11.5 Å². The van der Waals surface area contributed by atoms with Gasteiger partial charge in [0, 0.05) is 10.6 Å². The predicted octanol–water partition coefficient (Wildman–Crippen LogP) is 4.75. The second-order valence-corrected chi connectivity index (χ2v) is 8.17. The summed E-state index contributed by atoms with van der Waals surface area (Å²) in [5.74, 6) is -1.18. The number of benzene rings is 3. The van der Waals surface area contributed by atoms with Crippen LogP contribution in [0.5, 0.6) is 11.5 Å². The number of nitrogens with one attached hydrogen (secondary N) is 2. The number of halogens is 3. The fraction of sp³-hybridized carbons (Fsp3) is 0.0833. The number of hydrogen-bond donors (Lipinski definition) is 2. The zero-order chi connectivity index (χ0) is 25.4. The van der Waals surface area contributed by atoms with Crippen molar-refractivity contribution in [1.29, 1.82) is 0 Å². The summed E-state index contributed by atoms with van der Waals surface area (Å²) >= 11 is 17.7. The highest BCUT2D eigenvalue weighted by Crippen LogP contribution is 2.29. The van der Waals surface area contributed by atoms with E-state index in [4.69, 9.17) is 44.3 Å². The van der Waals surface area contributed by atoms with Crippen molar-refractivity contribution in [2.45, 2.75) is 0 Å². The minimum absolute atomic E-state index is 0.175. The van der Waals surface area contributed by atoms with E-state index in [-0.39, 0.29) is 28.6 Å². The third-order valence-corrected chi connectivity index (χ3v) is 5.42. The number of hydrogen-bond acceptors (Lipinski definition) is 6. The molecular formula is C24H18Cl3N3O5. The molecule has 2 N–H and O–H groups in total. The first-order valence-corrected chi connectivity index (χ1v) is 11.1. The lowest BCUT2D eigenvalue weighted by Crippen LogP contribution is -2.34. The maximum atomic E-state index is 12.4. The second-order valence-electron chi connectivity index (χ2n) is 6.91. The Balaban J connectivity index is 1.55. The quantitative estimate of drug-likeness (QED) is 0.188. The smallest absolute Gasteiger partial charge is 0.343 e. The summed E-state index contributed by atoms with van der Waals surface area (Å²) in [7, 11) is 1.41. The molecule has 0 fully saturated rings. The molecule has 2 amide bonds. The number of ether oxygens (including phenoxy) is 2. The number of amides is 2. The van der Waals surface area contributed by atoms with Gasteiger partial charge in [0.2, 0.25) is 0 Å². The van der Waals surface area contributed by atoms with Crippen LogP contribution in [0.1, 0.15) is 26.3 Å². The van der Waals surface area contributed by atoms with E-state index >= 15 is 0 Å². The van der Waals surface area contributed by atoms with Crippen molar-refractivity contribution >= 4 is 58.8 Å². The Morgan fingerprint density at radius 3 is 2.43 bits per heavy atom. The van der Waals surface area contributed by atoms with E-state index in [1.807, 2.05) is 0 Å². The van der Waals surface area contributed by atoms with Crippen LogP contribution in [0.15, 0.2) is 65.8 Å². The molecule has 8 nitrogen and oxygen atoms in total. The summed E-state index contributed by atoms with van der Waals surface area (Å²) in [6.07, 6.45) is 1.36. The first-order valence-electron chi connectivity index (χ1n) is 9.97. The summed E-state index contributed by atoms with van der Waals surface area (Å²) in [5, 5.41) is 7.28. The third-order valence-electron chi connectivity index (χ3n) is 4.44. The molecule has 0 heterocycles.